The second kappa shape index (κ2) is 5.41. The van der Waals surface area contributed by atoms with E-state index in [1.807, 2.05) is 0 Å². The normalized spacial score (nSPS) is 18.0. The fourth-order valence-corrected chi connectivity index (χ4v) is 21.4. The van der Waals surface area contributed by atoms with E-state index in [9.17, 15) is 0 Å². The zero-order valence-electron chi connectivity index (χ0n) is 12.3. The van der Waals surface area contributed by atoms with Crippen molar-refractivity contribution in [3.63, 3.8) is 0 Å². The maximum absolute atomic E-state index is 5.92. The molecule has 1 radical (unpaired) electrons. The molecule has 6 heteroatoms. The molecule has 0 aromatic rings. The topological polar surface area (TPSA) is 15.3 Å². The quantitative estimate of drug-likeness (QED) is 0.484. The lowest BCUT2D eigenvalue weighted by molar-refractivity contribution is 0.522. The summed E-state index contributed by atoms with van der Waals surface area (Å²) in [5.41, 5.74) is 0.111. The van der Waals surface area contributed by atoms with Gasteiger partial charge < -0.3 is 12.2 Å². The molecule has 0 amide bonds. The van der Waals surface area contributed by atoms with Crippen molar-refractivity contribution in [1.29, 1.82) is 0 Å². The van der Waals surface area contributed by atoms with Crippen LogP contribution in [0.1, 0.15) is 20.8 Å². The van der Waals surface area contributed by atoms with Gasteiger partial charge in [0.1, 0.15) is 0 Å². The van der Waals surface area contributed by atoms with Crippen LogP contribution in [0.5, 0.6) is 0 Å². The molecular formula is C10H28N2PSSi2. The second-order valence-corrected chi connectivity index (χ2v) is 19.5. The predicted octanol–water partition coefficient (Wildman–Crippen LogP) is 3.70. The molecule has 0 aromatic heterocycles. The lowest BCUT2D eigenvalue weighted by Crippen LogP contribution is -2.55. The minimum Gasteiger partial charge on any atom is -0.520 e. The van der Waals surface area contributed by atoms with Gasteiger partial charge in [-0.1, -0.05) is 32.7 Å². The Kier molecular flexibility index (Phi) is 5.79. The number of hydrogen-bond donors (Lipinski definition) is 1. The van der Waals surface area contributed by atoms with Crippen molar-refractivity contribution in [1.82, 2.24) is 9.09 Å². The summed E-state index contributed by atoms with van der Waals surface area (Å²) in [7, 11) is -1.80. The summed E-state index contributed by atoms with van der Waals surface area (Å²) in [6, 6.07) is 0. The third-order valence-corrected chi connectivity index (χ3v) is 16.3. The Bertz CT molecular complexity index is 234. The lowest BCUT2D eigenvalue weighted by atomic mass is 10.1. The van der Waals surface area contributed by atoms with Crippen LogP contribution in [0.15, 0.2) is 0 Å². The van der Waals surface area contributed by atoms with E-state index in [4.69, 9.17) is 12.2 Å². The van der Waals surface area contributed by atoms with Crippen molar-refractivity contribution < 1.29 is 0 Å². The van der Waals surface area contributed by atoms with Gasteiger partial charge in [-0.05, 0) is 20.8 Å². The van der Waals surface area contributed by atoms with Crippen LogP contribution in [0.25, 0.3) is 0 Å². The van der Waals surface area contributed by atoms with Gasteiger partial charge in [0, 0.05) is 12.3 Å². The molecule has 0 saturated heterocycles. The van der Waals surface area contributed by atoms with Crippen LogP contribution < -0.4 is 5.09 Å². The maximum atomic E-state index is 5.92. The van der Waals surface area contributed by atoms with Crippen LogP contribution in [-0.4, -0.2) is 33.4 Å². The fraction of sp³-hybridized carbons (Fsp3) is 1.00. The second-order valence-electron chi connectivity index (χ2n) is 6.67. The highest BCUT2D eigenvalue weighted by molar-refractivity contribution is 8.40. The first-order chi connectivity index (χ1) is 6.77. The molecule has 97 valence electrons. The van der Waals surface area contributed by atoms with Crippen LogP contribution in [0, 0.1) is 0 Å². The van der Waals surface area contributed by atoms with Crippen molar-refractivity contribution in [2.24, 2.45) is 0 Å². The monoisotopic (exact) mass is 295 g/mol. The third kappa shape index (κ3) is 5.65. The van der Waals surface area contributed by atoms with E-state index in [0.717, 1.165) is 0 Å². The van der Waals surface area contributed by atoms with Crippen molar-refractivity contribution in [2.75, 3.05) is 6.66 Å². The van der Waals surface area contributed by atoms with Gasteiger partial charge in [0.2, 0.25) is 0 Å². The first-order valence-electron chi connectivity index (χ1n) is 5.75. The van der Waals surface area contributed by atoms with Gasteiger partial charge in [0.15, 0.2) is 17.2 Å². The highest BCUT2D eigenvalue weighted by Crippen LogP contribution is 2.56. The minimum atomic E-state index is -1.58. The molecule has 0 fully saturated rings. The summed E-state index contributed by atoms with van der Waals surface area (Å²) >= 11 is 5.92. The summed E-state index contributed by atoms with van der Waals surface area (Å²) in [5, 5.41) is 3.70. The van der Waals surface area contributed by atoms with Crippen LogP contribution in [0.2, 0.25) is 32.7 Å². The SMILES string of the molecule is C[Si](C)N([Si](C)(C)C)[P+](C)([S-])NC(C)(C)C. The molecule has 0 aliphatic carbocycles. The van der Waals surface area contributed by atoms with E-state index in [1.165, 1.54) is 0 Å². The molecule has 0 aliphatic rings. The molecule has 16 heavy (non-hydrogen) atoms. The molecule has 1 unspecified atom stereocenters. The van der Waals surface area contributed by atoms with E-state index >= 15 is 0 Å². The van der Waals surface area contributed by atoms with Crippen LogP contribution in [0.4, 0.5) is 0 Å². The summed E-state index contributed by atoms with van der Waals surface area (Å²) < 4.78 is 2.70. The van der Waals surface area contributed by atoms with Crippen LogP contribution in [-0.2, 0) is 12.2 Å². The Morgan fingerprint density at radius 2 is 1.56 bits per heavy atom. The minimum absolute atomic E-state index is 0.111. The zero-order chi connectivity index (χ0) is 13.4. The molecule has 0 spiro atoms. The molecule has 0 aromatic carbocycles. The number of hydrogen-bond acceptors (Lipinski definition) is 3. The van der Waals surface area contributed by atoms with Crippen LogP contribution in [0.3, 0.4) is 0 Å². The van der Waals surface area contributed by atoms with E-state index in [-0.39, 0.29) is 5.54 Å². The molecule has 0 bridgehead atoms. The van der Waals surface area contributed by atoms with Crippen molar-refractivity contribution in [3.8, 4) is 0 Å². The highest BCUT2D eigenvalue weighted by Gasteiger charge is 2.41. The summed E-state index contributed by atoms with van der Waals surface area (Å²) in [6.45, 7) is 19.2. The molecule has 2 nitrogen and oxygen atoms in total. The molecular weight excluding hydrogens is 267 g/mol. The largest absolute Gasteiger partial charge is 0.520 e. The highest BCUT2D eigenvalue weighted by atomic mass is 32.7. The first-order valence-corrected chi connectivity index (χ1v) is 14.8. The van der Waals surface area contributed by atoms with Gasteiger partial charge in [-0.15, -0.1) is 0 Å². The first kappa shape index (κ1) is 17.1. The van der Waals surface area contributed by atoms with Crippen molar-refractivity contribution >= 4 is 36.2 Å². The van der Waals surface area contributed by atoms with Gasteiger partial charge in [0.25, 0.3) is 0 Å². The molecule has 0 heterocycles. The lowest BCUT2D eigenvalue weighted by Gasteiger charge is -2.50. The summed E-state index contributed by atoms with van der Waals surface area (Å²) in [4.78, 5) is 0. The summed E-state index contributed by atoms with van der Waals surface area (Å²) in [6.07, 6.45) is 0. The number of rotatable bonds is 4. The smallest absolute Gasteiger partial charge is 0.167 e. The average molecular weight is 296 g/mol. The van der Waals surface area contributed by atoms with Crippen LogP contribution >= 0.6 is 6.77 Å². The van der Waals surface area contributed by atoms with Gasteiger partial charge in [-0.2, -0.15) is 5.09 Å². The molecule has 0 saturated carbocycles. The van der Waals surface area contributed by atoms with Gasteiger partial charge >= 0.3 is 0 Å². The van der Waals surface area contributed by atoms with E-state index < -0.39 is 24.0 Å². The Morgan fingerprint density at radius 1 is 1.19 bits per heavy atom. The van der Waals surface area contributed by atoms with E-state index in [0.29, 0.717) is 0 Å². The number of nitrogens with zero attached hydrogens (tertiary/aromatic N) is 1. The van der Waals surface area contributed by atoms with E-state index in [2.05, 4.69) is 69.3 Å². The van der Waals surface area contributed by atoms with Gasteiger partial charge in [0.05, 0.1) is 6.66 Å². The summed E-state index contributed by atoms with van der Waals surface area (Å²) in [5.74, 6) is 0. The molecule has 0 aliphatic heterocycles. The molecule has 0 rings (SSSR count). The van der Waals surface area contributed by atoms with Gasteiger partial charge in [-0.3, -0.25) is 0 Å². The standard InChI is InChI=1S/C10H28N2PSSi2/c1-10(2,3)11-13(4,14)12(15(5)6)16(7,8)9/h1-9H3,(H,11,14). The Labute approximate surface area is 111 Å². The molecule has 1 atom stereocenters. The average Bonchev–Trinajstić information content (AvgIpc) is 1.70. The number of nitrogens with one attached hydrogen (secondary N) is 1. The Hall–Kier alpha value is 1.13. The van der Waals surface area contributed by atoms with Crippen molar-refractivity contribution in [3.05, 3.63) is 0 Å². The van der Waals surface area contributed by atoms with E-state index in [1.54, 1.807) is 0 Å². The predicted molar refractivity (Wildman–Crippen MR) is 85.8 cm³/mol. The Balaban J connectivity index is 5.06. The Morgan fingerprint density at radius 3 is 1.75 bits per heavy atom. The van der Waals surface area contributed by atoms with Gasteiger partial charge in [-0.25, -0.2) is 4.00 Å². The third-order valence-electron chi connectivity index (χ3n) is 1.98. The molecule has 1 N–H and O–H groups in total. The fourth-order valence-electron chi connectivity index (χ4n) is 2.30. The maximum Gasteiger partial charge on any atom is 0.167 e. The zero-order valence-corrected chi connectivity index (χ0v) is 16.0. The van der Waals surface area contributed by atoms with Crippen molar-refractivity contribution in [2.45, 2.75) is 59.0 Å².